The van der Waals surface area contributed by atoms with Gasteiger partial charge in [-0.15, -0.1) is 0 Å². The van der Waals surface area contributed by atoms with Crippen molar-refractivity contribution in [2.24, 2.45) is 0 Å². The molecule has 1 aromatic carbocycles. The highest BCUT2D eigenvalue weighted by Gasteiger charge is 1.99. The zero-order valence-corrected chi connectivity index (χ0v) is 6.99. The molecule has 3 N–H and O–H groups in total. The van der Waals surface area contributed by atoms with Gasteiger partial charge in [-0.2, -0.15) is 0 Å². The quantitative estimate of drug-likeness (QED) is 0.655. The Morgan fingerprint density at radius 1 is 1.08 bits per heavy atom. The highest BCUT2D eigenvalue weighted by atomic mass is 16.3. The van der Waals surface area contributed by atoms with Crippen LogP contribution in [0.25, 0.3) is 0 Å². The van der Waals surface area contributed by atoms with Gasteiger partial charge in [-0.1, -0.05) is 18.2 Å². The average Bonchev–Trinajstić information content (AvgIpc) is 2.54. The zero-order valence-electron chi connectivity index (χ0n) is 6.99. The molecule has 1 heterocycles. The molecule has 0 atom stereocenters. The molecular formula is C10H10N2O. The van der Waals surface area contributed by atoms with Crippen LogP contribution in [0.2, 0.25) is 0 Å². The smallest absolute Gasteiger partial charge is 0.212 e. The van der Waals surface area contributed by atoms with E-state index < -0.39 is 0 Å². The Hall–Kier alpha value is -1.90. The lowest BCUT2D eigenvalue weighted by molar-refractivity contribution is 0.459. The van der Waals surface area contributed by atoms with Gasteiger partial charge in [-0.3, -0.25) is 0 Å². The fraction of sp³-hybridized carbons (Fsp3) is 0. The van der Waals surface area contributed by atoms with Crippen LogP contribution >= 0.6 is 0 Å². The van der Waals surface area contributed by atoms with Crippen LogP contribution in [0, 0.1) is 0 Å². The van der Waals surface area contributed by atoms with Gasteiger partial charge in [0.2, 0.25) is 5.88 Å². The van der Waals surface area contributed by atoms with Gasteiger partial charge in [0.05, 0.1) is 0 Å². The monoisotopic (exact) mass is 174 g/mol. The Balaban J connectivity index is 2.20. The molecule has 0 amide bonds. The molecule has 0 fully saturated rings. The molecule has 3 heteroatoms. The summed E-state index contributed by atoms with van der Waals surface area (Å²) in [6, 6.07) is 11.5. The third-order valence-electron chi connectivity index (χ3n) is 1.78. The van der Waals surface area contributed by atoms with Crippen molar-refractivity contribution in [3.8, 4) is 5.88 Å². The Morgan fingerprint density at radius 3 is 2.46 bits per heavy atom. The summed E-state index contributed by atoms with van der Waals surface area (Å²) in [5.74, 6) is 0.156. The lowest BCUT2D eigenvalue weighted by Crippen LogP contribution is -1.87. The summed E-state index contributed by atoms with van der Waals surface area (Å²) in [7, 11) is 0. The SMILES string of the molecule is Oc1[nH]ccc1Nc1ccccc1. The number of nitrogens with one attached hydrogen (secondary N) is 2. The van der Waals surface area contributed by atoms with Gasteiger partial charge in [0.25, 0.3) is 0 Å². The summed E-state index contributed by atoms with van der Waals surface area (Å²) in [6.07, 6.45) is 1.68. The molecule has 0 saturated carbocycles. The first kappa shape index (κ1) is 7.73. The summed E-state index contributed by atoms with van der Waals surface area (Å²) in [5.41, 5.74) is 1.64. The van der Waals surface area contributed by atoms with Gasteiger partial charge in [0.1, 0.15) is 5.69 Å². The Kier molecular flexibility index (Phi) is 1.92. The van der Waals surface area contributed by atoms with Crippen LogP contribution in [-0.4, -0.2) is 10.1 Å². The number of anilines is 2. The van der Waals surface area contributed by atoms with E-state index in [0.29, 0.717) is 5.69 Å². The predicted molar refractivity (Wildman–Crippen MR) is 52.2 cm³/mol. The lowest BCUT2D eigenvalue weighted by atomic mass is 10.3. The largest absolute Gasteiger partial charge is 0.493 e. The standard InChI is InChI=1S/C10H10N2O/c13-10-9(6-7-11-10)12-8-4-2-1-3-5-8/h1-7,11-13H. The molecule has 0 aliphatic rings. The van der Waals surface area contributed by atoms with Gasteiger partial charge in [-0.25, -0.2) is 0 Å². The molecule has 66 valence electrons. The van der Waals surface area contributed by atoms with E-state index in [1.807, 2.05) is 30.3 Å². The van der Waals surface area contributed by atoms with Crippen molar-refractivity contribution < 1.29 is 5.11 Å². The maximum atomic E-state index is 9.29. The van der Waals surface area contributed by atoms with Gasteiger partial charge >= 0.3 is 0 Å². The molecule has 3 nitrogen and oxygen atoms in total. The van der Waals surface area contributed by atoms with Crippen LogP contribution < -0.4 is 5.32 Å². The number of hydrogen-bond donors (Lipinski definition) is 3. The van der Waals surface area contributed by atoms with Crippen molar-refractivity contribution in [2.45, 2.75) is 0 Å². The van der Waals surface area contributed by atoms with Crippen LogP contribution in [0.15, 0.2) is 42.6 Å². The van der Waals surface area contributed by atoms with Crippen LogP contribution in [0.1, 0.15) is 0 Å². The maximum absolute atomic E-state index is 9.29. The second-order valence-corrected chi connectivity index (χ2v) is 2.73. The molecule has 0 aliphatic heterocycles. The van der Waals surface area contributed by atoms with Crippen molar-refractivity contribution in [1.82, 2.24) is 4.98 Å². The predicted octanol–water partition coefficient (Wildman–Crippen LogP) is 2.46. The van der Waals surface area contributed by atoms with E-state index >= 15 is 0 Å². The molecule has 1 aromatic heterocycles. The first-order valence-electron chi connectivity index (χ1n) is 4.04. The number of hydrogen-bond acceptors (Lipinski definition) is 2. The van der Waals surface area contributed by atoms with E-state index in [-0.39, 0.29) is 5.88 Å². The number of rotatable bonds is 2. The van der Waals surface area contributed by atoms with Crippen molar-refractivity contribution >= 4 is 11.4 Å². The first-order valence-corrected chi connectivity index (χ1v) is 4.04. The van der Waals surface area contributed by atoms with Crippen LogP contribution in [-0.2, 0) is 0 Å². The fourth-order valence-corrected chi connectivity index (χ4v) is 1.14. The number of para-hydroxylation sites is 1. The van der Waals surface area contributed by atoms with E-state index in [1.165, 1.54) is 0 Å². The first-order chi connectivity index (χ1) is 6.36. The average molecular weight is 174 g/mol. The second kappa shape index (κ2) is 3.23. The number of aromatic nitrogens is 1. The van der Waals surface area contributed by atoms with E-state index in [1.54, 1.807) is 12.3 Å². The summed E-state index contributed by atoms with van der Waals surface area (Å²) in [6.45, 7) is 0. The molecule has 2 aromatic rings. The number of benzene rings is 1. The maximum Gasteiger partial charge on any atom is 0.212 e. The third kappa shape index (κ3) is 1.64. The van der Waals surface area contributed by atoms with Crippen molar-refractivity contribution in [1.29, 1.82) is 0 Å². The van der Waals surface area contributed by atoms with Gasteiger partial charge in [0.15, 0.2) is 0 Å². The molecule has 0 unspecified atom stereocenters. The van der Waals surface area contributed by atoms with E-state index in [9.17, 15) is 5.11 Å². The fourth-order valence-electron chi connectivity index (χ4n) is 1.14. The molecule has 13 heavy (non-hydrogen) atoms. The van der Waals surface area contributed by atoms with Gasteiger partial charge in [0, 0.05) is 11.9 Å². The number of aromatic amines is 1. The normalized spacial score (nSPS) is 9.85. The molecule has 0 aliphatic carbocycles. The Bertz CT molecular complexity index is 381. The minimum Gasteiger partial charge on any atom is -0.493 e. The van der Waals surface area contributed by atoms with Gasteiger partial charge < -0.3 is 15.4 Å². The lowest BCUT2D eigenvalue weighted by Gasteiger charge is -2.03. The minimum atomic E-state index is 0.156. The molecular weight excluding hydrogens is 164 g/mol. The zero-order chi connectivity index (χ0) is 9.10. The topological polar surface area (TPSA) is 48.0 Å². The molecule has 0 radical (unpaired) electrons. The highest BCUT2D eigenvalue weighted by molar-refractivity contribution is 5.63. The van der Waals surface area contributed by atoms with E-state index in [0.717, 1.165) is 5.69 Å². The van der Waals surface area contributed by atoms with Crippen LogP contribution in [0.3, 0.4) is 0 Å². The molecule has 0 saturated heterocycles. The molecule has 2 rings (SSSR count). The van der Waals surface area contributed by atoms with Crippen LogP contribution in [0.5, 0.6) is 5.88 Å². The van der Waals surface area contributed by atoms with Crippen LogP contribution in [0.4, 0.5) is 11.4 Å². The summed E-state index contributed by atoms with van der Waals surface area (Å²) in [5, 5.41) is 12.4. The summed E-state index contributed by atoms with van der Waals surface area (Å²) < 4.78 is 0. The molecule has 0 spiro atoms. The Labute approximate surface area is 76.0 Å². The minimum absolute atomic E-state index is 0.156. The van der Waals surface area contributed by atoms with Crippen molar-refractivity contribution in [3.63, 3.8) is 0 Å². The van der Waals surface area contributed by atoms with E-state index in [4.69, 9.17) is 0 Å². The summed E-state index contributed by atoms with van der Waals surface area (Å²) >= 11 is 0. The highest BCUT2D eigenvalue weighted by Crippen LogP contribution is 2.23. The Morgan fingerprint density at radius 2 is 1.85 bits per heavy atom. The number of H-pyrrole nitrogens is 1. The van der Waals surface area contributed by atoms with Gasteiger partial charge in [-0.05, 0) is 18.2 Å². The van der Waals surface area contributed by atoms with E-state index in [2.05, 4.69) is 10.3 Å². The molecule has 0 bridgehead atoms. The number of aromatic hydroxyl groups is 1. The van der Waals surface area contributed by atoms with Crippen molar-refractivity contribution in [3.05, 3.63) is 42.6 Å². The third-order valence-corrected chi connectivity index (χ3v) is 1.78. The van der Waals surface area contributed by atoms with Crippen molar-refractivity contribution in [2.75, 3.05) is 5.32 Å². The summed E-state index contributed by atoms with van der Waals surface area (Å²) in [4.78, 5) is 2.68. The second-order valence-electron chi connectivity index (χ2n) is 2.73.